The van der Waals surface area contributed by atoms with Gasteiger partial charge < -0.3 is 4.74 Å². The lowest BCUT2D eigenvalue weighted by molar-refractivity contribution is -0.112. The van der Waals surface area contributed by atoms with Crippen molar-refractivity contribution in [2.75, 3.05) is 6.61 Å². The average molecular weight is 198 g/mol. The van der Waals surface area contributed by atoms with Crippen LogP contribution in [0.4, 0.5) is 0 Å². The number of hydrogen-bond donors (Lipinski definition) is 0. The van der Waals surface area contributed by atoms with Crippen molar-refractivity contribution in [3.63, 3.8) is 0 Å². The molecule has 0 saturated heterocycles. The molecule has 0 unspecified atom stereocenters. The van der Waals surface area contributed by atoms with Gasteiger partial charge >= 0.3 is 0 Å². The van der Waals surface area contributed by atoms with E-state index in [-0.39, 0.29) is 5.78 Å². The van der Waals surface area contributed by atoms with Gasteiger partial charge in [-0.25, -0.2) is 0 Å². The number of unbranched alkanes of at least 4 members (excludes halogenated alkanes) is 4. The van der Waals surface area contributed by atoms with Crippen LogP contribution in [0.1, 0.15) is 52.9 Å². The third kappa shape index (κ3) is 9.30. The van der Waals surface area contributed by atoms with E-state index in [1.165, 1.54) is 38.7 Å². The fraction of sp³-hybridized carbons (Fsp3) is 0.750. The Morgan fingerprint density at radius 2 is 1.79 bits per heavy atom. The summed E-state index contributed by atoms with van der Waals surface area (Å²) < 4.78 is 5.37. The maximum atomic E-state index is 10.7. The topological polar surface area (TPSA) is 26.3 Å². The van der Waals surface area contributed by atoms with Gasteiger partial charge in [-0.3, -0.25) is 4.79 Å². The summed E-state index contributed by atoms with van der Waals surface area (Å²) >= 11 is 0. The molecule has 0 aromatic heterocycles. The van der Waals surface area contributed by atoms with Crippen LogP contribution in [-0.4, -0.2) is 12.4 Å². The largest absolute Gasteiger partial charge is 0.498 e. The summed E-state index contributed by atoms with van der Waals surface area (Å²) in [6.45, 7) is 6.30. The molecule has 0 aliphatic carbocycles. The molecule has 14 heavy (non-hydrogen) atoms. The second kappa shape index (κ2) is 8.79. The molecular weight excluding hydrogens is 176 g/mol. The first-order valence-electron chi connectivity index (χ1n) is 5.48. The maximum absolute atomic E-state index is 10.7. The van der Waals surface area contributed by atoms with Gasteiger partial charge in [-0.1, -0.05) is 32.6 Å². The molecule has 0 spiro atoms. The summed E-state index contributed by atoms with van der Waals surface area (Å²) in [5.41, 5.74) is 0. The fourth-order valence-corrected chi connectivity index (χ4v) is 1.27. The van der Waals surface area contributed by atoms with Gasteiger partial charge in [0.15, 0.2) is 5.78 Å². The Morgan fingerprint density at radius 1 is 1.14 bits per heavy atom. The molecule has 0 saturated carbocycles. The standard InChI is InChI=1S/C12H22O2/c1-4-5-6-7-8-9-14-12(3)10-11(2)13/h10H,4-9H2,1-3H3/b12-10-. The van der Waals surface area contributed by atoms with Gasteiger partial charge in [0.1, 0.15) is 0 Å². The van der Waals surface area contributed by atoms with E-state index >= 15 is 0 Å². The van der Waals surface area contributed by atoms with Crippen LogP contribution in [0.2, 0.25) is 0 Å². The quantitative estimate of drug-likeness (QED) is 0.339. The van der Waals surface area contributed by atoms with Crippen molar-refractivity contribution in [1.82, 2.24) is 0 Å². The zero-order valence-electron chi connectivity index (χ0n) is 9.64. The first kappa shape index (κ1) is 13.2. The summed E-state index contributed by atoms with van der Waals surface area (Å²) in [6.07, 6.45) is 7.71. The van der Waals surface area contributed by atoms with Crippen molar-refractivity contribution in [1.29, 1.82) is 0 Å². The molecule has 0 aromatic rings. The monoisotopic (exact) mass is 198 g/mol. The zero-order valence-corrected chi connectivity index (χ0v) is 9.64. The number of carbonyl (C=O) groups excluding carboxylic acids is 1. The van der Waals surface area contributed by atoms with Crippen molar-refractivity contribution >= 4 is 5.78 Å². The normalized spacial score (nSPS) is 11.5. The summed E-state index contributed by atoms with van der Waals surface area (Å²) in [5, 5.41) is 0. The van der Waals surface area contributed by atoms with Gasteiger partial charge in [0.25, 0.3) is 0 Å². The fourth-order valence-electron chi connectivity index (χ4n) is 1.27. The highest BCUT2D eigenvalue weighted by molar-refractivity contribution is 5.87. The summed E-state index contributed by atoms with van der Waals surface area (Å²) in [6, 6.07) is 0. The highest BCUT2D eigenvalue weighted by Gasteiger charge is 1.93. The third-order valence-electron chi connectivity index (χ3n) is 1.98. The van der Waals surface area contributed by atoms with Crippen LogP contribution in [0.3, 0.4) is 0 Å². The Hall–Kier alpha value is -0.790. The molecule has 82 valence electrons. The van der Waals surface area contributed by atoms with Crippen molar-refractivity contribution < 1.29 is 9.53 Å². The van der Waals surface area contributed by atoms with Gasteiger partial charge in [0.05, 0.1) is 12.4 Å². The lowest BCUT2D eigenvalue weighted by atomic mass is 10.2. The zero-order chi connectivity index (χ0) is 10.8. The molecule has 0 bridgehead atoms. The van der Waals surface area contributed by atoms with E-state index in [0.717, 1.165) is 18.8 Å². The Bertz CT molecular complexity index is 183. The molecule has 2 nitrogen and oxygen atoms in total. The SMILES string of the molecule is CCCCCCCO/C(C)=C\C(C)=O. The minimum Gasteiger partial charge on any atom is -0.498 e. The van der Waals surface area contributed by atoms with Gasteiger partial charge in [0, 0.05) is 6.08 Å². The molecule has 0 aliphatic heterocycles. The van der Waals surface area contributed by atoms with Crippen LogP contribution in [0, 0.1) is 0 Å². The molecule has 0 aliphatic rings. The smallest absolute Gasteiger partial charge is 0.155 e. The van der Waals surface area contributed by atoms with Gasteiger partial charge in [-0.2, -0.15) is 0 Å². The number of ketones is 1. The molecule has 0 amide bonds. The molecule has 2 heteroatoms. The predicted octanol–water partition coefficient (Wildman–Crippen LogP) is 3.47. The summed E-state index contributed by atoms with van der Waals surface area (Å²) in [5.74, 6) is 0.779. The van der Waals surface area contributed by atoms with E-state index < -0.39 is 0 Å². The molecule has 0 fully saturated rings. The van der Waals surface area contributed by atoms with Crippen LogP contribution >= 0.6 is 0 Å². The van der Waals surface area contributed by atoms with E-state index in [0.29, 0.717) is 0 Å². The summed E-state index contributed by atoms with van der Waals surface area (Å²) in [4.78, 5) is 10.7. The van der Waals surface area contributed by atoms with Crippen molar-refractivity contribution in [3.8, 4) is 0 Å². The highest BCUT2D eigenvalue weighted by atomic mass is 16.5. The van der Waals surface area contributed by atoms with E-state index in [2.05, 4.69) is 6.92 Å². The molecule has 0 heterocycles. The number of carbonyl (C=O) groups is 1. The number of rotatable bonds is 8. The van der Waals surface area contributed by atoms with Gasteiger partial charge in [-0.05, 0) is 20.3 Å². The van der Waals surface area contributed by atoms with Crippen LogP contribution in [0.5, 0.6) is 0 Å². The minimum atomic E-state index is 0.0495. The van der Waals surface area contributed by atoms with E-state index in [1.54, 1.807) is 0 Å². The Morgan fingerprint density at radius 3 is 2.36 bits per heavy atom. The highest BCUT2D eigenvalue weighted by Crippen LogP contribution is 2.04. The molecular formula is C12H22O2. The average Bonchev–Trinajstić information content (AvgIpc) is 2.10. The second-order valence-electron chi connectivity index (χ2n) is 3.63. The minimum absolute atomic E-state index is 0.0495. The molecule has 0 aromatic carbocycles. The first-order chi connectivity index (χ1) is 6.66. The Labute approximate surface area is 87.3 Å². The second-order valence-corrected chi connectivity index (χ2v) is 3.63. The van der Waals surface area contributed by atoms with E-state index in [1.807, 2.05) is 6.92 Å². The number of ether oxygens (including phenoxy) is 1. The Balaban J connectivity index is 3.31. The Kier molecular flexibility index (Phi) is 8.30. The summed E-state index contributed by atoms with van der Waals surface area (Å²) in [7, 11) is 0. The van der Waals surface area contributed by atoms with Gasteiger partial charge in [-0.15, -0.1) is 0 Å². The van der Waals surface area contributed by atoms with Crippen molar-refractivity contribution in [2.45, 2.75) is 52.9 Å². The first-order valence-corrected chi connectivity index (χ1v) is 5.48. The van der Waals surface area contributed by atoms with Crippen LogP contribution in [0.15, 0.2) is 11.8 Å². The van der Waals surface area contributed by atoms with Crippen molar-refractivity contribution in [3.05, 3.63) is 11.8 Å². The van der Waals surface area contributed by atoms with Gasteiger partial charge in [0.2, 0.25) is 0 Å². The number of hydrogen-bond acceptors (Lipinski definition) is 2. The molecule has 0 N–H and O–H groups in total. The molecule has 0 rings (SSSR count). The predicted molar refractivity (Wildman–Crippen MR) is 59.1 cm³/mol. The van der Waals surface area contributed by atoms with Crippen LogP contribution in [0.25, 0.3) is 0 Å². The lowest BCUT2D eigenvalue weighted by Gasteiger charge is -2.05. The van der Waals surface area contributed by atoms with Crippen molar-refractivity contribution in [2.24, 2.45) is 0 Å². The van der Waals surface area contributed by atoms with Crippen LogP contribution < -0.4 is 0 Å². The molecule has 0 radical (unpaired) electrons. The van der Waals surface area contributed by atoms with E-state index in [9.17, 15) is 4.79 Å². The maximum Gasteiger partial charge on any atom is 0.155 e. The molecule has 0 atom stereocenters. The van der Waals surface area contributed by atoms with E-state index in [4.69, 9.17) is 4.74 Å². The number of allylic oxidation sites excluding steroid dienone is 2. The van der Waals surface area contributed by atoms with Crippen LogP contribution in [-0.2, 0) is 9.53 Å². The third-order valence-corrected chi connectivity index (χ3v) is 1.98. The lowest BCUT2D eigenvalue weighted by Crippen LogP contribution is -1.95.